The van der Waals surface area contributed by atoms with Gasteiger partial charge in [0.05, 0.1) is 5.41 Å². The van der Waals surface area contributed by atoms with E-state index < -0.39 is 17.4 Å². The Morgan fingerprint density at radius 2 is 1.85 bits per heavy atom. The molecule has 0 spiro atoms. The van der Waals surface area contributed by atoms with Crippen molar-refractivity contribution in [3.8, 4) is 0 Å². The number of aliphatic hydroxyl groups is 1. The molecule has 1 aliphatic rings. The molecule has 1 atom stereocenters. The minimum atomic E-state index is -1.12. The van der Waals surface area contributed by atoms with E-state index in [4.69, 9.17) is 10.2 Å². The van der Waals surface area contributed by atoms with Crippen LogP contribution in [0.1, 0.15) is 24.5 Å². The average molecular weight is 277 g/mol. The molecule has 0 aromatic heterocycles. The highest BCUT2D eigenvalue weighted by molar-refractivity contribution is 5.88. The van der Waals surface area contributed by atoms with Crippen LogP contribution in [-0.4, -0.2) is 34.7 Å². The van der Waals surface area contributed by atoms with E-state index in [9.17, 15) is 9.59 Å². The van der Waals surface area contributed by atoms with Crippen LogP contribution in [0.25, 0.3) is 0 Å². The van der Waals surface area contributed by atoms with Gasteiger partial charge >= 0.3 is 5.97 Å². The molecule has 0 saturated heterocycles. The molecule has 0 radical (unpaired) electrons. The van der Waals surface area contributed by atoms with E-state index in [1.165, 1.54) is 0 Å². The molecule has 1 aliphatic carbocycles. The predicted molar refractivity (Wildman–Crippen MR) is 73.2 cm³/mol. The molecule has 0 saturated carbocycles. The Balaban J connectivity index is 2.08. The Bertz CT molecular complexity index is 501. The number of nitrogens with one attached hydrogen (secondary N) is 1. The molecule has 5 nitrogen and oxygen atoms in total. The zero-order valence-electron chi connectivity index (χ0n) is 11.4. The van der Waals surface area contributed by atoms with Crippen LogP contribution in [0.15, 0.2) is 24.3 Å². The first-order chi connectivity index (χ1) is 9.46. The van der Waals surface area contributed by atoms with Crippen LogP contribution < -0.4 is 5.32 Å². The summed E-state index contributed by atoms with van der Waals surface area (Å²) < 4.78 is 0. The van der Waals surface area contributed by atoms with E-state index in [0.29, 0.717) is 12.8 Å². The van der Waals surface area contributed by atoms with Crippen LogP contribution in [0, 0.1) is 5.41 Å². The summed E-state index contributed by atoms with van der Waals surface area (Å²) in [6, 6.07) is 6.84. The number of fused-ring (bicyclic) bond motifs is 1. The average Bonchev–Trinajstić information content (AvgIpc) is 2.75. The fraction of sp³-hybridized carbons (Fsp3) is 0.467. The van der Waals surface area contributed by atoms with Gasteiger partial charge in [0.1, 0.15) is 6.04 Å². The lowest BCUT2D eigenvalue weighted by molar-refractivity contribution is -0.144. The maximum absolute atomic E-state index is 12.4. The molecule has 0 aliphatic heterocycles. The second kappa shape index (κ2) is 5.63. The van der Waals surface area contributed by atoms with Crippen LogP contribution in [0.4, 0.5) is 0 Å². The second-order valence-corrected chi connectivity index (χ2v) is 5.56. The van der Waals surface area contributed by atoms with Gasteiger partial charge in [-0.2, -0.15) is 0 Å². The molecule has 0 bridgehead atoms. The normalized spacial score (nSPS) is 17.3. The first-order valence-corrected chi connectivity index (χ1v) is 6.68. The third kappa shape index (κ3) is 2.82. The highest BCUT2D eigenvalue weighted by atomic mass is 16.4. The summed E-state index contributed by atoms with van der Waals surface area (Å²) in [5.41, 5.74) is 1.66. The summed E-state index contributed by atoms with van der Waals surface area (Å²) >= 11 is 0. The Labute approximate surface area is 117 Å². The summed E-state index contributed by atoms with van der Waals surface area (Å²) in [7, 11) is 0. The molecule has 20 heavy (non-hydrogen) atoms. The number of carbonyl (C=O) groups excluding carboxylic acids is 1. The van der Waals surface area contributed by atoms with E-state index in [1.807, 2.05) is 31.2 Å². The van der Waals surface area contributed by atoms with Gasteiger partial charge in [-0.25, -0.2) is 4.79 Å². The van der Waals surface area contributed by atoms with E-state index in [-0.39, 0.29) is 18.9 Å². The van der Waals surface area contributed by atoms with Gasteiger partial charge in [-0.1, -0.05) is 31.2 Å². The van der Waals surface area contributed by atoms with Crippen molar-refractivity contribution in [2.75, 3.05) is 6.61 Å². The predicted octanol–water partition coefficient (Wildman–Crippen LogP) is 0.743. The highest BCUT2D eigenvalue weighted by Crippen LogP contribution is 2.36. The van der Waals surface area contributed by atoms with E-state index in [2.05, 4.69) is 5.32 Å². The van der Waals surface area contributed by atoms with Gasteiger partial charge in [0, 0.05) is 13.0 Å². The number of hydrogen-bond donors (Lipinski definition) is 3. The van der Waals surface area contributed by atoms with Crippen molar-refractivity contribution in [1.82, 2.24) is 5.32 Å². The number of carboxylic acid groups (broad SMARTS) is 1. The number of aliphatic carboxylic acids is 1. The lowest BCUT2D eigenvalue weighted by Gasteiger charge is -2.25. The number of benzene rings is 1. The molecule has 1 amide bonds. The van der Waals surface area contributed by atoms with Crippen LogP contribution in [-0.2, 0) is 22.4 Å². The van der Waals surface area contributed by atoms with Gasteiger partial charge in [-0.3, -0.25) is 4.79 Å². The zero-order chi connectivity index (χ0) is 14.8. The smallest absolute Gasteiger partial charge is 0.326 e. The first kappa shape index (κ1) is 14.5. The van der Waals surface area contributed by atoms with E-state index >= 15 is 0 Å². The molecule has 1 aromatic carbocycles. The summed E-state index contributed by atoms with van der Waals surface area (Å²) in [6.07, 6.45) is 1.24. The zero-order valence-corrected chi connectivity index (χ0v) is 11.4. The van der Waals surface area contributed by atoms with E-state index in [1.54, 1.807) is 0 Å². The van der Waals surface area contributed by atoms with Crippen molar-refractivity contribution in [3.63, 3.8) is 0 Å². The third-order valence-electron chi connectivity index (χ3n) is 3.85. The summed E-state index contributed by atoms with van der Waals surface area (Å²) in [5, 5.41) is 20.4. The fourth-order valence-corrected chi connectivity index (χ4v) is 2.69. The molecule has 5 heteroatoms. The van der Waals surface area contributed by atoms with Gasteiger partial charge in [0.25, 0.3) is 0 Å². The summed E-state index contributed by atoms with van der Waals surface area (Å²) in [5.74, 6) is -1.39. The molecule has 0 fully saturated rings. The molecule has 3 N–H and O–H groups in total. The van der Waals surface area contributed by atoms with Crippen LogP contribution in [0.2, 0.25) is 0 Å². The second-order valence-electron chi connectivity index (χ2n) is 5.56. The minimum absolute atomic E-state index is 0.0180. The Kier molecular flexibility index (Phi) is 4.09. The lowest BCUT2D eigenvalue weighted by atomic mass is 9.86. The van der Waals surface area contributed by atoms with Crippen molar-refractivity contribution in [2.24, 2.45) is 5.41 Å². The van der Waals surface area contributed by atoms with Crippen molar-refractivity contribution in [3.05, 3.63) is 35.4 Å². The fourth-order valence-electron chi connectivity index (χ4n) is 2.69. The largest absolute Gasteiger partial charge is 0.480 e. The molecular weight excluding hydrogens is 258 g/mol. The number of aliphatic hydroxyl groups excluding tert-OH is 1. The van der Waals surface area contributed by atoms with Crippen LogP contribution >= 0.6 is 0 Å². The number of amides is 1. The maximum atomic E-state index is 12.4. The van der Waals surface area contributed by atoms with Crippen molar-refractivity contribution in [2.45, 2.75) is 32.2 Å². The van der Waals surface area contributed by atoms with Crippen molar-refractivity contribution in [1.29, 1.82) is 0 Å². The Morgan fingerprint density at radius 3 is 2.30 bits per heavy atom. The number of rotatable bonds is 5. The maximum Gasteiger partial charge on any atom is 0.326 e. The highest BCUT2D eigenvalue weighted by Gasteiger charge is 2.40. The molecule has 1 aromatic rings. The topological polar surface area (TPSA) is 86.6 Å². The summed E-state index contributed by atoms with van der Waals surface area (Å²) in [4.78, 5) is 23.4. The van der Waals surface area contributed by atoms with Gasteiger partial charge < -0.3 is 15.5 Å². The molecule has 0 unspecified atom stereocenters. The third-order valence-corrected chi connectivity index (χ3v) is 3.85. The van der Waals surface area contributed by atoms with Crippen molar-refractivity contribution < 1.29 is 19.8 Å². The molecule has 0 heterocycles. The Morgan fingerprint density at radius 1 is 1.30 bits per heavy atom. The number of hydrogen-bond acceptors (Lipinski definition) is 3. The summed E-state index contributed by atoms with van der Waals surface area (Å²) in [6.45, 7) is 1.58. The van der Waals surface area contributed by atoms with Crippen LogP contribution in [0.3, 0.4) is 0 Å². The molecule has 108 valence electrons. The van der Waals surface area contributed by atoms with Gasteiger partial charge in [-0.05, 0) is 24.0 Å². The minimum Gasteiger partial charge on any atom is -0.480 e. The number of carboxylic acids is 1. The lowest BCUT2D eigenvalue weighted by Crippen LogP contribution is -2.48. The van der Waals surface area contributed by atoms with Gasteiger partial charge in [-0.15, -0.1) is 0 Å². The standard InChI is InChI=1S/C15H19NO4/c1-15(8-10-4-2-3-5-11(10)9-15)14(20)16-12(6-7-17)13(18)19/h2-5,12,17H,6-9H2,1H3,(H,16,20)(H,18,19)/t12-/m0/s1. The Hall–Kier alpha value is -1.88. The first-order valence-electron chi connectivity index (χ1n) is 6.68. The molecule has 2 rings (SSSR count). The molecular formula is C15H19NO4. The number of carbonyl (C=O) groups is 2. The quantitative estimate of drug-likeness (QED) is 0.741. The van der Waals surface area contributed by atoms with Crippen molar-refractivity contribution >= 4 is 11.9 Å². The SMILES string of the molecule is CC1(C(=O)N[C@@H](CCO)C(=O)O)Cc2ccccc2C1. The monoisotopic (exact) mass is 277 g/mol. The van der Waals surface area contributed by atoms with Gasteiger partial charge in [0.15, 0.2) is 0 Å². The van der Waals surface area contributed by atoms with Crippen LogP contribution in [0.5, 0.6) is 0 Å². The van der Waals surface area contributed by atoms with E-state index in [0.717, 1.165) is 11.1 Å². The van der Waals surface area contributed by atoms with Gasteiger partial charge in [0.2, 0.25) is 5.91 Å².